The SMILES string of the molecule is COC(=O)n1cc(C(CCOCCNC(=O)OC(C)(C)C)C(=O)O)c2ccccc21. The summed E-state index contributed by atoms with van der Waals surface area (Å²) in [6.45, 7) is 5.94. The van der Waals surface area contributed by atoms with Crippen LogP contribution in [-0.2, 0) is 19.0 Å². The molecular weight excluding hydrogens is 392 g/mol. The molecule has 1 heterocycles. The maximum atomic E-state index is 12.0. The monoisotopic (exact) mass is 420 g/mol. The summed E-state index contributed by atoms with van der Waals surface area (Å²) in [5.74, 6) is -1.88. The predicted octanol–water partition coefficient (Wildman–Crippen LogP) is 3.36. The minimum atomic E-state index is -1.02. The standard InChI is InChI=1S/C21H28N2O7/c1-21(2,3)30-19(26)22-10-12-29-11-9-15(18(24)25)16-13-23(20(27)28-4)17-8-6-5-7-14(16)17/h5-8,13,15H,9-12H2,1-4H3,(H,22,26)(H,24,25). The highest BCUT2D eigenvalue weighted by molar-refractivity contribution is 5.95. The first kappa shape index (κ1) is 23.2. The second kappa shape index (κ2) is 10.1. The number of para-hydroxylation sites is 1. The van der Waals surface area contributed by atoms with Gasteiger partial charge in [-0.1, -0.05) is 18.2 Å². The zero-order valence-electron chi connectivity index (χ0n) is 17.6. The van der Waals surface area contributed by atoms with E-state index in [1.54, 1.807) is 45.0 Å². The van der Waals surface area contributed by atoms with Gasteiger partial charge >= 0.3 is 18.2 Å². The molecule has 0 spiro atoms. The van der Waals surface area contributed by atoms with Gasteiger partial charge in [-0.15, -0.1) is 0 Å². The third-order valence-corrected chi connectivity index (χ3v) is 4.25. The minimum Gasteiger partial charge on any atom is -0.481 e. The van der Waals surface area contributed by atoms with Gasteiger partial charge in [0.1, 0.15) is 5.60 Å². The van der Waals surface area contributed by atoms with Crippen molar-refractivity contribution in [2.45, 2.75) is 38.7 Å². The molecule has 0 aliphatic carbocycles. The van der Waals surface area contributed by atoms with Crippen LogP contribution in [0.15, 0.2) is 30.5 Å². The van der Waals surface area contributed by atoms with Crippen molar-refractivity contribution in [2.75, 3.05) is 26.9 Å². The van der Waals surface area contributed by atoms with Gasteiger partial charge in [0.25, 0.3) is 0 Å². The van der Waals surface area contributed by atoms with Gasteiger partial charge in [0.05, 0.1) is 25.2 Å². The molecule has 0 saturated heterocycles. The second-order valence-corrected chi connectivity index (χ2v) is 7.66. The van der Waals surface area contributed by atoms with Crippen molar-refractivity contribution < 1.29 is 33.7 Å². The largest absolute Gasteiger partial charge is 0.481 e. The van der Waals surface area contributed by atoms with Gasteiger partial charge < -0.3 is 24.6 Å². The molecule has 2 rings (SSSR count). The molecule has 1 atom stereocenters. The number of nitrogens with zero attached hydrogens (tertiary/aromatic N) is 1. The van der Waals surface area contributed by atoms with Gasteiger partial charge in [-0.25, -0.2) is 9.59 Å². The Morgan fingerprint density at radius 3 is 2.50 bits per heavy atom. The van der Waals surface area contributed by atoms with Crippen LogP contribution < -0.4 is 5.32 Å². The van der Waals surface area contributed by atoms with Crippen LogP contribution in [0.2, 0.25) is 0 Å². The van der Waals surface area contributed by atoms with Gasteiger partial charge in [0.15, 0.2) is 0 Å². The zero-order chi connectivity index (χ0) is 22.3. The lowest BCUT2D eigenvalue weighted by molar-refractivity contribution is -0.139. The lowest BCUT2D eigenvalue weighted by Gasteiger charge is -2.19. The van der Waals surface area contributed by atoms with Crippen LogP contribution in [-0.4, -0.2) is 60.3 Å². The summed E-state index contributed by atoms with van der Waals surface area (Å²) >= 11 is 0. The third-order valence-electron chi connectivity index (χ3n) is 4.25. The van der Waals surface area contributed by atoms with Crippen molar-refractivity contribution in [3.05, 3.63) is 36.0 Å². The summed E-state index contributed by atoms with van der Waals surface area (Å²) in [5, 5.41) is 13.0. The van der Waals surface area contributed by atoms with E-state index in [1.807, 2.05) is 0 Å². The molecule has 2 N–H and O–H groups in total. The summed E-state index contributed by atoms with van der Waals surface area (Å²) in [6, 6.07) is 7.05. The summed E-state index contributed by atoms with van der Waals surface area (Å²) in [4.78, 5) is 35.5. The number of carbonyl (C=O) groups excluding carboxylic acids is 2. The Bertz CT molecular complexity index is 898. The van der Waals surface area contributed by atoms with Crippen LogP contribution in [0, 0.1) is 0 Å². The molecule has 1 unspecified atom stereocenters. The number of carbonyl (C=O) groups is 3. The predicted molar refractivity (Wildman–Crippen MR) is 110 cm³/mol. The highest BCUT2D eigenvalue weighted by Crippen LogP contribution is 2.30. The Balaban J connectivity index is 1.97. The number of alkyl carbamates (subject to hydrolysis) is 1. The van der Waals surface area contributed by atoms with E-state index in [9.17, 15) is 19.5 Å². The summed E-state index contributed by atoms with van der Waals surface area (Å²) < 4.78 is 16.7. The summed E-state index contributed by atoms with van der Waals surface area (Å²) in [7, 11) is 1.27. The fraction of sp³-hybridized carbons (Fsp3) is 0.476. The lowest BCUT2D eigenvalue weighted by atomic mass is 9.96. The van der Waals surface area contributed by atoms with Crippen LogP contribution in [0.1, 0.15) is 38.7 Å². The van der Waals surface area contributed by atoms with Gasteiger partial charge in [-0.3, -0.25) is 9.36 Å². The van der Waals surface area contributed by atoms with Crippen molar-refractivity contribution >= 4 is 29.1 Å². The van der Waals surface area contributed by atoms with Crippen molar-refractivity contribution in [1.82, 2.24) is 9.88 Å². The molecule has 0 aliphatic heterocycles. The van der Waals surface area contributed by atoms with Gasteiger partial charge in [0, 0.05) is 24.7 Å². The number of rotatable bonds is 8. The number of benzene rings is 1. The number of carboxylic acids is 1. The number of aliphatic carboxylic acids is 1. The van der Waals surface area contributed by atoms with E-state index in [2.05, 4.69) is 5.32 Å². The zero-order valence-corrected chi connectivity index (χ0v) is 17.6. The molecule has 9 heteroatoms. The molecule has 2 aromatic rings. The van der Waals surface area contributed by atoms with Gasteiger partial charge in [-0.2, -0.15) is 0 Å². The number of fused-ring (bicyclic) bond motifs is 1. The smallest absolute Gasteiger partial charge is 0.418 e. The normalized spacial score (nSPS) is 12.4. The average Bonchev–Trinajstić information content (AvgIpc) is 3.04. The van der Waals surface area contributed by atoms with Gasteiger partial charge in [-0.05, 0) is 38.8 Å². The molecular formula is C21H28N2O7. The van der Waals surface area contributed by atoms with E-state index in [0.717, 1.165) is 0 Å². The number of amides is 1. The first-order valence-corrected chi connectivity index (χ1v) is 9.59. The van der Waals surface area contributed by atoms with Crippen molar-refractivity contribution in [2.24, 2.45) is 0 Å². The lowest BCUT2D eigenvalue weighted by Crippen LogP contribution is -2.34. The Hall–Kier alpha value is -3.07. The number of methoxy groups -OCH3 is 1. The Kier molecular flexibility index (Phi) is 7.82. The molecule has 9 nitrogen and oxygen atoms in total. The molecule has 30 heavy (non-hydrogen) atoms. The average molecular weight is 420 g/mol. The molecule has 1 amide bonds. The Morgan fingerprint density at radius 1 is 1.17 bits per heavy atom. The van der Waals surface area contributed by atoms with E-state index in [-0.39, 0.29) is 26.2 Å². The molecule has 0 aliphatic rings. The summed E-state index contributed by atoms with van der Waals surface area (Å²) in [5.41, 5.74) is 0.510. The van der Waals surface area contributed by atoms with E-state index in [4.69, 9.17) is 14.2 Å². The molecule has 0 saturated carbocycles. The topological polar surface area (TPSA) is 116 Å². The van der Waals surface area contributed by atoms with E-state index < -0.39 is 29.7 Å². The first-order valence-electron chi connectivity index (χ1n) is 9.59. The van der Waals surface area contributed by atoms with Crippen molar-refractivity contribution in [3.8, 4) is 0 Å². The number of hydrogen-bond acceptors (Lipinski definition) is 6. The maximum Gasteiger partial charge on any atom is 0.418 e. The van der Waals surface area contributed by atoms with E-state index >= 15 is 0 Å². The van der Waals surface area contributed by atoms with E-state index in [1.165, 1.54) is 17.9 Å². The van der Waals surface area contributed by atoms with E-state index in [0.29, 0.717) is 16.5 Å². The maximum absolute atomic E-state index is 12.0. The van der Waals surface area contributed by atoms with Gasteiger partial charge in [0.2, 0.25) is 0 Å². The van der Waals surface area contributed by atoms with Crippen LogP contribution in [0.5, 0.6) is 0 Å². The van der Waals surface area contributed by atoms with Crippen LogP contribution in [0.25, 0.3) is 10.9 Å². The third kappa shape index (κ3) is 6.21. The number of aromatic nitrogens is 1. The second-order valence-electron chi connectivity index (χ2n) is 7.66. The highest BCUT2D eigenvalue weighted by Gasteiger charge is 2.25. The minimum absolute atomic E-state index is 0.171. The Labute approximate surface area is 174 Å². The molecule has 1 aromatic carbocycles. The number of carboxylic acid groups (broad SMARTS) is 1. The quantitative estimate of drug-likeness (QED) is 0.629. The first-order chi connectivity index (χ1) is 14.1. The van der Waals surface area contributed by atoms with Crippen molar-refractivity contribution in [3.63, 3.8) is 0 Å². The fourth-order valence-electron chi connectivity index (χ4n) is 2.99. The molecule has 1 aromatic heterocycles. The number of ether oxygens (including phenoxy) is 3. The Morgan fingerprint density at radius 2 is 1.87 bits per heavy atom. The highest BCUT2D eigenvalue weighted by atomic mass is 16.6. The molecule has 0 fully saturated rings. The van der Waals surface area contributed by atoms with Crippen LogP contribution >= 0.6 is 0 Å². The van der Waals surface area contributed by atoms with Crippen LogP contribution in [0.4, 0.5) is 9.59 Å². The number of nitrogens with one attached hydrogen (secondary N) is 1. The summed E-state index contributed by atoms with van der Waals surface area (Å²) in [6.07, 6.45) is 0.576. The molecule has 0 radical (unpaired) electrons. The van der Waals surface area contributed by atoms with Crippen LogP contribution in [0.3, 0.4) is 0 Å². The molecule has 0 bridgehead atoms. The van der Waals surface area contributed by atoms with Crippen molar-refractivity contribution in [1.29, 1.82) is 0 Å². The fourth-order valence-corrected chi connectivity index (χ4v) is 2.99. The molecule has 164 valence electrons. The number of hydrogen-bond donors (Lipinski definition) is 2.